The Bertz CT molecular complexity index is 366. The van der Waals surface area contributed by atoms with Crippen LogP contribution in [0.3, 0.4) is 0 Å². The predicted octanol–water partition coefficient (Wildman–Crippen LogP) is 1.34. The molecule has 1 aliphatic heterocycles. The van der Waals surface area contributed by atoms with Gasteiger partial charge in [-0.15, -0.1) is 0 Å². The fourth-order valence-electron chi connectivity index (χ4n) is 2.99. The summed E-state index contributed by atoms with van der Waals surface area (Å²) >= 11 is 0. The Morgan fingerprint density at radius 2 is 1.71 bits per heavy atom. The molecule has 1 aliphatic rings. The smallest absolute Gasteiger partial charge is 0.240 e. The van der Waals surface area contributed by atoms with Gasteiger partial charge in [-0.25, -0.2) is 0 Å². The van der Waals surface area contributed by atoms with Gasteiger partial charge in [0.15, 0.2) is 0 Å². The Hall–Kier alpha value is -1.10. The van der Waals surface area contributed by atoms with Crippen LogP contribution in [0.4, 0.5) is 0 Å². The summed E-state index contributed by atoms with van der Waals surface area (Å²) in [6.45, 7) is 12.7. The number of likely N-dealkylation sites (tertiary alicyclic amines) is 1. The molecule has 0 spiro atoms. The maximum Gasteiger partial charge on any atom is 0.240 e. The second-order valence-electron chi connectivity index (χ2n) is 7.69. The number of carbonyl (C=O) groups is 2. The van der Waals surface area contributed by atoms with Gasteiger partial charge >= 0.3 is 0 Å². The normalized spacial score (nSPS) is 23.7. The third-order valence-electron chi connectivity index (χ3n) is 3.62. The number of nitrogens with one attached hydrogen (secondary N) is 1. The lowest BCUT2D eigenvalue weighted by atomic mass is 9.92. The van der Waals surface area contributed by atoms with E-state index in [0.717, 1.165) is 13.1 Å². The highest BCUT2D eigenvalue weighted by molar-refractivity contribution is 5.85. The van der Waals surface area contributed by atoms with Gasteiger partial charge in [-0.1, -0.05) is 13.8 Å². The number of amides is 2. The summed E-state index contributed by atoms with van der Waals surface area (Å²) < 4.78 is 0. The topological polar surface area (TPSA) is 52.7 Å². The molecule has 0 aromatic carbocycles. The van der Waals surface area contributed by atoms with Gasteiger partial charge in [0.1, 0.15) is 0 Å². The Kier molecular flexibility index (Phi) is 6.20. The molecule has 2 amide bonds. The van der Waals surface area contributed by atoms with Crippen molar-refractivity contribution in [2.75, 3.05) is 33.2 Å². The van der Waals surface area contributed by atoms with Gasteiger partial charge in [-0.2, -0.15) is 0 Å². The first kappa shape index (κ1) is 18.0. The standard InChI is InChI=1S/C16H31N3O2/c1-12-7-13(2)9-19(8-12)11-15(21)18(6)10-14(20)17-16(3,4)5/h12-13H,7-11H2,1-6H3,(H,17,20)/t12-,13+. The molecule has 0 aromatic heterocycles. The van der Waals surface area contributed by atoms with E-state index in [1.165, 1.54) is 11.3 Å². The zero-order valence-electron chi connectivity index (χ0n) is 14.4. The summed E-state index contributed by atoms with van der Waals surface area (Å²) in [6, 6.07) is 0. The number of likely N-dealkylation sites (N-methyl/N-ethyl adjacent to an activating group) is 1. The van der Waals surface area contributed by atoms with Crippen LogP contribution in [0.25, 0.3) is 0 Å². The first-order chi connectivity index (χ1) is 9.56. The van der Waals surface area contributed by atoms with E-state index in [9.17, 15) is 9.59 Å². The van der Waals surface area contributed by atoms with E-state index in [-0.39, 0.29) is 23.9 Å². The molecule has 1 rings (SSSR count). The third kappa shape index (κ3) is 6.93. The van der Waals surface area contributed by atoms with Gasteiger partial charge < -0.3 is 10.2 Å². The number of nitrogens with zero attached hydrogens (tertiary/aromatic N) is 2. The molecule has 122 valence electrons. The highest BCUT2D eigenvalue weighted by Crippen LogP contribution is 2.20. The Morgan fingerprint density at radius 1 is 1.19 bits per heavy atom. The average Bonchev–Trinajstić information content (AvgIpc) is 2.24. The van der Waals surface area contributed by atoms with Crippen LogP contribution in [0, 0.1) is 11.8 Å². The van der Waals surface area contributed by atoms with Gasteiger partial charge in [0.25, 0.3) is 0 Å². The molecule has 21 heavy (non-hydrogen) atoms. The second kappa shape index (κ2) is 7.25. The number of carbonyl (C=O) groups excluding carboxylic acids is 2. The van der Waals surface area contributed by atoms with Crippen molar-refractivity contribution in [2.24, 2.45) is 11.8 Å². The summed E-state index contributed by atoms with van der Waals surface area (Å²) in [4.78, 5) is 27.8. The maximum absolute atomic E-state index is 12.2. The zero-order chi connectivity index (χ0) is 16.2. The summed E-state index contributed by atoms with van der Waals surface area (Å²) in [5.41, 5.74) is -0.265. The molecule has 0 saturated carbocycles. The largest absolute Gasteiger partial charge is 0.350 e. The van der Waals surface area contributed by atoms with E-state index < -0.39 is 0 Å². The Morgan fingerprint density at radius 3 is 2.19 bits per heavy atom. The molecule has 0 aliphatic carbocycles. The average molecular weight is 297 g/mol. The zero-order valence-corrected chi connectivity index (χ0v) is 14.4. The molecule has 1 N–H and O–H groups in total. The van der Waals surface area contributed by atoms with Gasteiger partial charge in [-0.3, -0.25) is 14.5 Å². The molecule has 1 saturated heterocycles. The van der Waals surface area contributed by atoms with E-state index in [4.69, 9.17) is 0 Å². The van der Waals surface area contributed by atoms with Crippen molar-refractivity contribution < 1.29 is 9.59 Å². The molecule has 0 bridgehead atoms. The quantitative estimate of drug-likeness (QED) is 0.852. The van der Waals surface area contributed by atoms with E-state index in [1.807, 2.05) is 20.8 Å². The second-order valence-corrected chi connectivity index (χ2v) is 7.69. The Labute approximate surface area is 129 Å². The number of piperidine rings is 1. The van der Waals surface area contributed by atoms with Crippen LogP contribution < -0.4 is 5.32 Å². The molecule has 1 heterocycles. The molecule has 2 atom stereocenters. The minimum Gasteiger partial charge on any atom is -0.350 e. The summed E-state index contributed by atoms with van der Waals surface area (Å²) in [7, 11) is 1.70. The number of rotatable bonds is 4. The lowest BCUT2D eigenvalue weighted by molar-refractivity contribution is -0.136. The molecule has 0 radical (unpaired) electrons. The van der Waals surface area contributed by atoms with E-state index >= 15 is 0 Å². The summed E-state index contributed by atoms with van der Waals surface area (Å²) in [5.74, 6) is 1.17. The minimum atomic E-state index is -0.265. The highest BCUT2D eigenvalue weighted by atomic mass is 16.2. The number of hydrogen-bond acceptors (Lipinski definition) is 3. The SMILES string of the molecule is C[C@@H]1C[C@H](C)CN(CC(=O)N(C)CC(=O)NC(C)(C)C)C1. The predicted molar refractivity (Wildman–Crippen MR) is 84.9 cm³/mol. The van der Waals surface area contributed by atoms with Crippen molar-refractivity contribution in [1.82, 2.24) is 15.1 Å². The lowest BCUT2D eigenvalue weighted by Crippen LogP contribution is -2.49. The Balaban J connectivity index is 2.42. The van der Waals surface area contributed by atoms with Gasteiger partial charge in [0, 0.05) is 25.7 Å². The van der Waals surface area contributed by atoms with Gasteiger partial charge in [0.2, 0.25) is 11.8 Å². The molecule has 0 unspecified atom stereocenters. The van der Waals surface area contributed by atoms with Crippen molar-refractivity contribution >= 4 is 11.8 Å². The lowest BCUT2D eigenvalue weighted by Gasteiger charge is -2.35. The third-order valence-corrected chi connectivity index (χ3v) is 3.62. The first-order valence-corrected chi connectivity index (χ1v) is 7.84. The van der Waals surface area contributed by atoms with Crippen molar-refractivity contribution in [3.63, 3.8) is 0 Å². The molecule has 0 aromatic rings. The van der Waals surface area contributed by atoms with E-state index in [2.05, 4.69) is 24.1 Å². The maximum atomic E-state index is 12.2. The molecule has 5 nitrogen and oxygen atoms in total. The van der Waals surface area contributed by atoms with E-state index in [0.29, 0.717) is 18.4 Å². The van der Waals surface area contributed by atoms with Crippen LogP contribution in [0.15, 0.2) is 0 Å². The van der Waals surface area contributed by atoms with Crippen LogP contribution in [0.5, 0.6) is 0 Å². The molecule has 5 heteroatoms. The molecular weight excluding hydrogens is 266 g/mol. The van der Waals surface area contributed by atoms with Crippen LogP contribution in [-0.2, 0) is 9.59 Å². The van der Waals surface area contributed by atoms with Crippen molar-refractivity contribution in [1.29, 1.82) is 0 Å². The first-order valence-electron chi connectivity index (χ1n) is 7.84. The monoisotopic (exact) mass is 297 g/mol. The molecular formula is C16H31N3O2. The van der Waals surface area contributed by atoms with Crippen molar-refractivity contribution in [3.8, 4) is 0 Å². The van der Waals surface area contributed by atoms with Crippen LogP contribution in [-0.4, -0.2) is 60.4 Å². The minimum absolute atomic E-state index is 0.0142. The van der Waals surface area contributed by atoms with E-state index in [1.54, 1.807) is 7.05 Å². The van der Waals surface area contributed by atoms with Crippen molar-refractivity contribution in [3.05, 3.63) is 0 Å². The number of hydrogen-bond donors (Lipinski definition) is 1. The van der Waals surface area contributed by atoms with Gasteiger partial charge in [0.05, 0.1) is 13.1 Å². The van der Waals surface area contributed by atoms with Crippen LogP contribution in [0.2, 0.25) is 0 Å². The van der Waals surface area contributed by atoms with Crippen LogP contribution in [0.1, 0.15) is 41.0 Å². The summed E-state index contributed by atoms with van der Waals surface area (Å²) in [5, 5.41) is 2.88. The summed E-state index contributed by atoms with van der Waals surface area (Å²) in [6.07, 6.45) is 1.23. The molecule has 1 fully saturated rings. The van der Waals surface area contributed by atoms with Crippen LogP contribution >= 0.6 is 0 Å². The van der Waals surface area contributed by atoms with Crippen molar-refractivity contribution in [2.45, 2.75) is 46.6 Å². The van der Waals surface area contributed by atoms with Gasteiger partial charge in [-0.05, 0) is 39.0 Å². The fourth-order valence-corrected chi connectivity index (χ4v) is 2.99. The fraction of sp³-hybridized carbons (Fsp3) is 0.875. The highest BCUT2D eigenvalue weighted by Gasteiger charge is 2.25.